The Bertz CT molecular complexity index is 1040. The number of nitrogens with one attached hydrogen (secondary N) is 1. The van der Waals surface area contributed by atoms with Gasteiger partial charge in [0.15, 0.2) is 5.76 Å². The molecule has 0 bridgehead atoms. The fraction of sp³-hybridized carbons (Fsp3) is 0.455. The van der Waals surface area contributed by atoms with Gasteiger partial charge in [-0.2, -0.15) is 4.31 Å². The lowest BCUT2D eigenvalue weighted by Crippen LogP contribution is -2.35. The van der Waals surface area contributed by atoms with E-state index in [9.17, 15) is 18.0 Å². The maximum Gasteiger partial charge on any atom is 0.308 e. The Kier molecular flexibility index (Phi) is 7.92. The second-order valence-electron chi connectivity index (χ2n) is 7.40. The van der Waals surface area contributed by atoms with Crippen LogP contribution < -0.4 is 10.1 Å². The van der Waals surface area contributed by atoms with Crippen LogP contribution in [0.2, 0.25) is 0 Å². The molecule has 2 aromatic rings. The van der Waals surface area contributed by atoms with Crippen LogP contribution >= 0.6 is 0 Å². The van der Waals surface area contributed by atoms with E-state index in [-0.39, 0.29) is 23.9 Å². The Hall–Kier alpha value is -2.85. The van der Waals surface area contributed by atoms with E-state index in [0.29, 0.717) is 24.4 Å². The van der Waals surface area contributed by atoms with E-state index in [1.807, 2.05) is 0 Å². The Balaban J connectivity index is 1.79. The summed E-state index contributed by atoms with van der Waals surface area (Å²) in [5, 5.41) is 2.47. The van der Waals surface area contributed by atoms with Crippen LogP contribution in [0.5, 0.6) is 5.75 Å². The lowest BCUT2D eigenvalue weighted by Gasteiger charge is -2.24. The van der Waals surface area contributed by atoms with Gasteiger partial charge in [-0.25, -0.2) is 8.42 Å². The number of hydrogen-bond donors (Lipinski definition) is 1. The summed E-state index contributed by atoms with van der Waals surface area (Å²) < 4.78 is 42.6. The van der Waals surface area contributed by atoms with E-state index in [1.165, 1.54) is 23.5 Å². The minimum absolute atomic E-state index is 0.105. The van der Waals surface area contributed by atoms with Crippen LogP contribution in [0.3, 0.4) is 0 Å². The topological polar surface area (TPSA) is 115 Å². The highest BCUT2D eigenvalue weighted by atomic mass is 32.2. The van der Waals surface area contributed by atoms with Crippen molar-refractivity contribution in [2.45, 2.75) is 43.7 Å². The number of benzene rings is 1. The largest absolute Gasteiger partial charge is 0.497 e. The normalized spacial score (nSPS) is 15.7. The molecule has 1 fully saturated rings. The van der Waals surface area contributed by atoms with Crippen LogP contribution in [0.15, 0.2) is 45.9 Å². The first-order chi connectivity index (χ1) is 15.3. The molecular formula is C22H28N2O7S. The minimum atomic E-state index is -3.79. The lowest BCUT2D eigenvalue weighted by atomic mass is 10.0. The van der Waals surface area contributed by atoms with Crippen molar-refractivity contribution in [2.24, 2.45) is 0 Å². The molecule has 0 spiro atoms. The van der Waals surface area contributed by atoms with E-state index < -0.39 is 27.9 Å². The maximum atomic E-state index is 12.8. The first kappa shape index (κ1) is 23.8. The number of sulfonamides is 1. The molecule has 0 radical (unpaired) electrons. The summed E-state index contributed by atoms with van der Waals surface area (Å²) in [6, 6.07) is 8.83. The van der Waals surface area contributed by atoms with Crippen molar-refractivity contribution in [2.75, 3.05) is 26.8 Å². The zero-order valence-electron chi connectivity index (χ0n) is 18.2. The molecule has 1 aromatic heterocycles. The number of esters is 1. The number of methoxy groups -OCH3 is 1. The van der Waals surface area contributed by atoms with Crippen molar-refractivity contribution in [1.29, 1.82) is 0 Å². The number of piperidine rings is 1. The number of hydrogen-bond acceptors (Lipinski definition) is 7. The first-order valence-corrected chi connectivity index (χ1v) is 12.0. The minimum Gasteiger partial charge on any atom is -0.497 e. The number of furan rings is 1. The number of amides is 1. The van der Waals surface area contributed by atoms with E-state index in [4.69, 9.17) is 13.9 Å². The summed E-state index contributed by atoms with van der Waals surface area (Å²) in [5.41, 5.74) is 0.637. The Labute approximate surface area is 187 Å². The van der Waals surface area contributed by atoms with Gasteiger partial charge in [-0.15, -0.1) is 0 Å². The van der Waals surface area contributed by atoms with Gasteiger partial charge < -0.3 is 19.2 Å². The van der Waals surface area contributed by atoms with Crippen LogP contribution in [0, 0.1) is 0 Å². The summed E-state index contributed by atoms with van der Waals surface area (Å²) in [6.45, 7) is 2.78. The molecule has 10 heteroatoms. The van der Waals surface area contributed by atoms with Crippen molar-refractivity contribution in [3.8, 4) is 5.75 Å². The highest BCUT2D eigenvalue weighted by molar-refractivity contribution is 7.89. The highest BCUT2D eigenvalue weighted by Gasteiger charge is 2.30. The molecule has 174 valence electrons. The van der Waals surface area contributed by atoms with Crippen molar-refractivity contribution in [3.05, 3.63) is 47.7 Å². The van der Waals surface area contributed by atoms with Gasteiger partial charge in [-0.3, -0.25) is 9.59 Å². The molecule has 1 amide bonds. The van der Waals surface area contributed by atoms with Crippen LogP contribution in [0.4, 0.5) is 0 Å². The predicted molar refractivity (Wildman–Crippen MR) is 116 cm³/mol. The molecule has 3 rings (SSSR count). The fourth-order valence-electron chi connectivity index (χ4n) is 3.54. The van der Waals surface area contributed by atoms with Crippen LogP contribution in [0.25, 0.3) is 0 Å². The third-order valence-corrected chi connectivity index (χ3v) is 6.96. The molecule has 1 aliphatic rings. The summed E-state index contributed by atoms with van der Waals surface area (Å²) in [7, 11) is -2.28. The molecule has 2 heterocycles. The van der Waals surface area contributed by atoms with Crippen LogP contribution in [-0.2, 0) is 19.6 Å². The average Bonchev–Trinajstić information content (AvgIpc) is 3.31. The Morgan fingerprint density at radius 1 is 1.16 bits per heavy atom. The van der Waals surface area contributed by atoms with E-state index >= 15 is 0 Å². The lowest BCUT2D eigenvalue weighted by molar-refractivity contribution is -0.143. The predicted octanol–water partition coefficient (Wildman–Crippen LogP) is 2.89. The quantitative estimate of drug-likeness (QED) is 0.567. The number of ether oxygens (including phenoxy) is 2. The number of rotatable bonds is 9. The van der Waals surface area contributed by atoms with E-state index in [2.05, 4.69) is 5.32 Å². The molecule has 1 aromatic carbocycles. The molecule has 1 N–H and O–H groups in total. The van der Waals surface area contributed by atoms with Crippen molar-refractivity contribution in [3.63, 3.8) is 0 Å². The van der Waals surface area contributed by atoms with Gasteiger partial charge in [-0.1, -0.05) is 18.6 Å². The standard InChI is InChI=1S/C22H28N2O7S/c1-3-30-20(25)15-18(16-8-7-9-17(14-16)29-2)23-22(26)19-10-11-21(31-19)32(27,28)24-12-5-4-6-13-24/h7-11,14,18H,3-6,12-13,15H2,1-2H3,(H,23,26). The zero-order valence-corrected chi connectivity index (χ0v) is 19.0. The fourth-order valence-corrected chi connectivity index (χ4v) is 4.97. The summed E-state index contributed by atoms with van der Waals surface area (Å²) in [6.07, 6.45) is 2.48. The third-order valence-electron chi connectivity index (χ3n) is 5.19. The highest BCUT2D eigenvalue weighted by Crippen LogP contribution is 2.25. The van der Waals surface area contributed by atoms with E-state index in [1.54, 1.807) is 31.2 Å². The Morgan fingerprint density at radius 3 is 2.59 bits per heavy atom. The average molecular weight is 465 g/mol. The molecule has 9 nitrogen and oxygen atoms in total. The zero-order chi connectivity index (χ0) is 23.1. The first-order valence-electron chi connectivity index (χ1n) is 10.6. The second kappa shape index (κ2) is 10.6. The monoisotopic (exact) mass is 464 g/mol. The molecule has 1 atom stereocenters. The third kappa shape index (κ3) is 5.68. The Morgan fingerprint density at radius 2 is 1.91 bits per heavy atom. The number of carbonyl (C=O) groups excluding carboxylic acids is 2. The number of carbonyl (C=O) groups is 2. The molecule has 1 unspecified atom stereocenters. The van der Waals surface area contributed by atoms with Gasteiger partial charge in [0.25, 0.3) is 15.9 Å². The van der Waals surface area contributed by atoms with Crippen molar-refractivity contribution in [1.82, 2.24) is 9.62 Å². The smallest absolute Gasteiger partial charge is 0.308 e. The molecule has 32 heavy (non-hydrogen) atoms. The van der Waals surface area contributed by atoms with Gasteiger partial charge in [0, 0.05) is 13.1 Å². The SMILES string of the molecule is CCOC(=O)CC(NC(=O)c1ccc(S(=O)(=O)N2CCCCC2)o1)c1cccc(OC)c1. The molecule has 0 saturated carbocycles. The van der Waals surface area contributed by atoms with Gasteiger partial charge in [0.05, 0.1) is 26.2 Å². The molecule has 1 saturated heterocycles. The van der Waals surface area contributed by atoms with Crippen LogP contribution in [0.1, 0.15) is 54.8 Å². The molecule has 1 aliphatic heterocycles. The molecule has 0 aliphatic carbocycles. The summed E-state index contributed by atoms with van der Waals surface area (Å²) >= 11 is 0. The van der Waals surface area contributed by atoms with E-state index in [0.717, 1.165) is 19.3 Å². The van der Waals surface area contributed by atoms with Gasteiger partial charge in [0.2, 0.25) is 5.09 Å². The van der Waals surface area contributed by atoms with Gasteiger partial charge in [0.1, 0.15) is 5.75 Å². The van der Waals surface area contributed by atoms with Gasteiger partial charge >= 0.3 is 5.97 Å². The van der Waals surface area contributed by atoms with Crippen molar-refractivity contribution < 1.29 is 31.9 Å². The maximum absolute atomic E-state index is 12.8. The second-order valence-corrected chi connectivity index (χ2v) is 9.26. The van der Waals surface area contributed by atoms with Crippen LogP contribution in [-0.4, -0.2) is 51.4 Å². The summed E-state index contributed by atoms with van der Waals surface area (Å²) in [4.78, 5) is 24.9. The summed E-state index contributed by atoms with van der Waals surface area (Å²) in [5.74, 6) is -0.702. The van der Waals surface area contributed by atoms with Crippen molar-refractivity contribution >= 4 is 21.9 Å². The molecular weight excluding hydrogens is 436 g/mol. The van der Waals surface area contributed by atoms with Gasteiger partial charge in [-0.05, 0) is 49.6 Å². The number of nitrogens with zero attached hydrogens (tertiary/aromatic N) is 1.